The third kappa shape index (κ3) is 2.52. The third-order valence-corrected chi connectivity index (χ3v) is 4.35. The van der Waals surface area contributed by atoms with Crippen LogP contribution in [0.2, 0.25) is 0 Å². The lowest BCUT2D eigenvalue weighted by atomic mass is 9.81. The Morgan fingerprint density at radius 3 is 2.43 bits per heavy atom. The Morgan fingerprint density at radius 1 is 1.29 bits per heavy atom. The van der Waals surface area contributed by atoms with Crippen molar-refractivity contribution in [1.82, 2.24) is 4.98 Å². The molecule has 3 rings (SSSR count). The first-order valence-corrected chi connectivity index (χ1v) is 7.25. The van der Waals surface area contributed by atoms with Crippen molar-refractivity contribution in [2.24, 2.45) is 0 Å². The summed E-state index contributed by atoms with van der Waals surface area (Å²) in [7, 11) is -0.646. The third-order valence-electron chi connectivity index (χ3n) is 4.35. The molecule has 1 saturated heterocycles. The van der Waals surface area contributed by atoms with E-state index in [2.05, 4.69) is 11.1 Å². The number of rotatable bonds is 3. The minimum atomic E-state index is -0.646. The lowest BCUT2D eigenvalue weighted by molar-refractivity contribution is 0.00578. The molecule has 110 valence electrons. The molecule has 0 unspecified atom stereocenters. The van der Waals surface area contributed by atoms with Gasteiger partial charge in [-0.2, -0.15) is 5.26 Å². The van der Waals surface area contributed by atoms with Gasteiger partial charge in [0.15, 0.2) is 0 Å². The Balaban J connectivity index is 1.94. The van der Waals surface area contributed by atoms with Gasteiger partial charge in [0.25, 0.3) is 0 Å². The minimum absolute atomic E-state index is 0.227. The van der Waals surface area contributed by atoms with Crippen LogP contribution in [0.4, 0.5) is 0 Å². The molecule has 0 atom stereocenters. The molecule has 5 nitrogen and oxygen atoms in total. The Hall–Kier alpha value is -1.58. The summed E-state index contributed by atoms with van der Waals surface area (Å²) in [6, 6.07) is 3.91. The molecule has 6 heteroatoms. The van der Waals surface area contributed by atoms with Crippen LogP contribution in [0.3, 0.4) is 0 Å². The highest BCUT2D eigenvalue weighted by Crippen LogP contribution is 2.37. The van der Waals surface area contributed by atoms with Gasteiger partial charge in [0.2, 0.25) is 0 Å². The molecular formula is C15H19BN2O3. The van der Waals surface area contributed by atoms with Crippen molar-refractivity contribution in [3.63, 3.8) is 0 Å². The van der Waals surface area contributed by atoms with E-state index >= 15 is 0 Å². The predicted molar refractivity (Wildman–Crippen MR) is 78.3 cm³/mol. The van der Waals surface area contributed by atoms with Crippen molar-refractivity contribution in [2.75, 3.05) is 0 Å². The molecule has 0 spiro atoms. The van der Waals surface area contributed by atoms with E-state index in [4.69, 9.17) is 14.0 Å². The molecule has 1 aromatic rings. The molecule has 21 heavy (non-hydrogen) atoms. The van der Waals surface area contributed by atoms with Crippen molar-refractivity contribution in [3.05, 3.63) is 17.8 Å². The van der Waals surface area contributed by atoms with Crippen molar-refractivity contribution >= 4 is 12.7 Å². The van der Waals surface area contributed by atoms with Crippen LogP contribution in [0.15, 0.2) is 12.3 Å². The van der Waals surface area contributed by atoms with E-state index in [9.17, 15) is 5.26 Å². The average molecular weight is 286 g/mol. The molecule has 1 aliphatic heterocycles. The number of hydrogen-bond acceptors (Lipinski definition) is 5. The van der Waals surface area contributed by atoms with Crippen molar-refractivity contribution in [3.8, 4) is 11.8 Å². The monoisotopic (exact) mass is 286 g/mol. The lowest BCUT2D eigenvalue weighted by Crippen LogP contribution is -2.41. The second kappa shape index (κ2) is 4.72. The fourth-order valence-electron chi connectivity index (χ4n) is 2.17. The van der Waals surface area contributed by atoms with Crippen LogP contribution in [-0.2, 0) is 9.31 Å². The summed E-state index contributed by atoms with van der Waals surface area (Å²) in [6.07, 6.45) is 3.95. The summed E-state index contributed by atoms with van der Waals surface area (Å²) in [5, 5.41) is 9.47. The summed E-state index contributed by atoms with van der Waals surface area (Å²) >= 11 is 0. The quantitative estimate of drug-likeness (QED) is 0.793. The molecule has 0 aromatic carbocycles. The summed E-state index contributed by atoms with van der Waals surface area (Å²) in [5.41, 5.74) is -0.0176. The zero-order chi connectivity index (χ0) is 15.3. The lowest BCUT2D eigenvalue weighted by Gasteiger charge is -2.32. The predicted octanol–water partition coefficient (Wildman–Crippen LogP) is 1.79. The number of nitrogens with zero attached hydrogens (tertiary/aromatic N) is 2. The van der Waals surface area contributed by atoms with Crippen molar-refractivity contribution < 1.29 is 14.0 Å². The van der Waals surface area contributed by atoms with Crippen LogP contribution in [0.1, 0.15) is 46.1 Å². The average Bonchev–Trinajstić information content (AvgIpc) is 3.17. The number of pyridine rings is 1. The van der Waals surface area contributed by atoms with Gasteiger partial charge in [0, 0.05) is 6.20 Å². The summed E-state index contributed by atoms with van der Waals surface area (Å²) < 4.78 is 17.7. The maximum atomic E-state index is 9.47. The Kier molecular flexibility index (Phi) is 3.23. The van der Waals surface area contributed by atoms with Gasteiger partial charge in [0.1, 0.15) is 17.4 Å². The van der Waals surface area contributed by atoms with Gasteiger partial charge in [-0.25, -0.2) is 0 Å². The molecule has 2 fully saturated rings. The zero-order valence-electron chi connectivity index (χ0n) is 12.8. The molecule has 0 N–H and O–H groups in total. The SMILES string of the molecule is CC1(C)OB(c2nccc(OC3CC3)c2C#N)OC1(C)C. The van der Waals surface area contributed by atoms with Crippen LogP contribution < -0.4 is 10.3 Å². The van der Waals surface area contributed by atoms with Crippen LogP contribution >= 0.6 is 0 Å². The fourth-order valence-corrected chi connectivity index (χ4v) is 2.17. The highest BCUT2D eigenvalue weighted by molar-refractivity contribution is 6.62. The molecular weight excluding hydrogens is 267 g/mol. The molecule has 1 aliphatic carbocycles. The van der Waals surface area contributed by atoms with E-state index in [0.717, 1.165) is 12.8 Å². The van der Waals surface area contributed by atoms with E-state index in [0.29, 0.717) is 16.9 Å². The largest absolute Gasteiger partial charge is 0.516 e. The van der Waals surface area contributed by atoms with Gasteiger partial charge in [-0.05, 0) is 46.6 Å². The zero-order valence-corrected chi connectivity index (χ0v) is 12.8. The van der Waals surface area contributed by atoms with Gasteiger partial charge >= 0.3 is 7.12 Å². The number of aromatic nitrogens is 1. The van der Waals surface area contributed by atoms with E-state index < -0.39 is 18.3 Å². The van der Waals surface area contributed by atoms with E-state index in [1.54, 1.807) is 12.3 Å². The Morgan fingerprint density at radius 2 is 1.90 bits per heavy atom. The Labute approximate surface area is 125 Å². The minimum Gasteiger partial charge on any atom is -0.489 e. The number of nitriles is 1. The van der Waals surface area contributed by atoms with Crippen molar-refractivity contribution in [2.45, 2.75) is 57.8 Å². The second-order valence-electron chi connectivity index (χ2n) is 6.59. The van der Waals surface area contributed by atoms with Gasteiger partial charge in [-0.1, -0.05) is 0 Å². The molecule has 2 heterocycles. The van der Waals surface area contributed by atoms with Crippen LogP contribution in [0, 0.1) is 11.3 Å². The van der Waals surface area contributed by atoms with Crippen LogP contribution in [-0.4, -0.2) is 29.4 Å². The van der Waals surface area contributed by atoms with Crippen LogP contribution in [0.25, 0.3) is 0 Å². The van der Waals surface area contributed by atoms with Crippen LogP contribution in [0.5, 0.6) is 5.75 Å². The molecule has 0 bridgehead atoms. The normalized spacial score (nSPS) is 22.9. The summed E-state index contributed by atoms with van der Waals surface area (Å²) in [5.74, 6) is 0.569. The molecule has 0 amide bonds. The fraction of sp³-hybridized carbons (Fsp3) is 0.600. The van der Waals surface area contributed by atoms with E-state index in [1.165, 1.54) is 0 Å². The number of ether oxygens (including phenoxy) is 1. The first kappa shape index (κ1) is 14.4. The maximum absolute atomic E-state index is 9.47. The van der Waals surface area contributed by atoms with Gasteiger partial charge in [-0.15, -0.1) is 0 Å². The topological polar surface area (TPSA) is 64.4 Å². The highest BCUT2D eigenvalue weighted by atomic mass is 16.7. The van der Waals surface area contributed by atoms with Gasteiger partial charge in [-0.3, -0.25) is 4.98 Å². The Bertz CT molecular complexity index is 589. The molecule has 0 radical (unpaired) electrons. The smallest absolute Gasteiger partial charge is 0.489 e. The number of hydrogen-bond donors (Lipinski definition) is 0. The first-order chi connectivity index (χ1) is 9.84. The van der Waals surface area contributed by atoms with Gasteiger partial charge < -0.3 is 14.0 Å². The van der Waals surface area contributed by atoms with E-state index in [-0.39, 0.29) is 6.10 Å². The standard InChI is InChI=1S/C15H19BN2O3/c1-14(2)15(3,4)21-16(20-14)13-11(9-17)12(7-8-18-13)19-10-5-6-10/h7-8,10H,5-6H2,1-4H3. The maximum Gasteiger partial charge on any atom is 0.516 e. The molecule has 2 aliphatic rings. The highest BCUT2D eigenvalue weighted by Gasteiger charge is 2.53. The molecule has 1 aromatic heterocycles. The van der Waals surface area contributed by atoms with E-state index in [1.807, 2.05) is 27.7 Å². The van der Waals surface area contributed by atoms with Gasteiger partial charge in [0.05, 0.1) is 22.9 Å². The summed E-state index contributed by atoms with van der Waals surface area (Å²) in [6.45, 7) is 7.90. The first-order valence-electron chi connectivity index (χ1n) is 7.25. The molecule has 1 saturated carbocycles. The summed E-state index contributed by atoms with van der Waals surface area (Å²) in [4.78, 5) is 4.30. The van der Waals surface area contributed by atoms with Crippen molar-refractivity contribution in [1.29, 1.82) is 5.26 Å². The second-order valence-corrected chi connectivity index (χ2v) is 6.59.